The van der Waals surface area contributed by atoms with E-state index >= 15 is 0 Å². The van der Waals surface area contributed by atoms with Gasteiger partial charge in [0.25, 0.3) is 0 Å². The summed E-state index contributed by atoms with van der Waals surface area (Å²) in [5.74, 6) is 0.292. The minimum Gasteiger partial charge on any atom is -0.508 e. The fourth-order valence-corrected chi connectivity index (χ4v) is 2.19. The van der Waals surface area contributed by atoms with E-state index in [2.05, 4.69) is 6.92 Å². The van der Waals surface area contributed by atoms with Gasteiger partial charge in [0.15, 0.2) is 0 Å². The predicted molar refractivity (Wildman–Crippen MR) is 63.4 cm³/mol. The summed E-state index contributed by atoms with van der Waals surface area (Å²) in [6.07, 6.45) is 2.92. The van der Waals surface area contributed by atoms with Gasteiger partial charge in [-0.3, -0.25) is 0 Å². The fourth-order valence-electron chi connectivity index (χ4n) is 2.19. The number of hydrogen-bond donors (Lipinski definition) is 2. The first kappa shape index (κ1) is 11.4. The largest absolute Gasteiger partial charge is 0.508 e. The van der Waals surface area contributed by atoms with Gasteiger partial charge in [0.05, 0.1) is 5.60 Å². The van der Waals surface area contributed by atoms with Crippen LogP contribution in [0.5, 0.6) is 5.75 Å². The van der Waals surface area contributed by atoms with Crippen LogP contribution in [0.2, 0.25) is 0 Å². The first-order chi connectivity index (χ1) is 7.60. The normalized spacial score (nSPS) is 26.9. The highest BCUT2D eigenvalue weighted by Gasteiger charge is 2.35. The van der Waals surface area contributed by atoms with Crippen LogP contribution in [-0.2, 0) is 11.2 Å². The first-order valence-corrected chi connectivity index (χ1v) is 5.78. The van der Waals surface area contributed by atoms with Crippen molar-refractivity contribution < 1.29 is 9.84 Å². The molecule has 3 heteroatoms. The molecule has 1 fully saturated rings. The molecule has 0 aliphatic carbocycles. The van der Waals surface area contributed by atoms with E-state index in [1.807, 2.05) is 12.1 Å². The maximum Gasteiger partial charge on any atom is 0.115 e. The molecule has 3 N–H and O–H groups in total. The smallest absolute Gasteiger partial charge is 0.115 e. The second-order valence-corrected chi connectivity index (χ2v) is 4.74. The number of phenols is 1. The highest BCUT2D eigenvalue weighted by Crippen LogP contribution is 2.29. The highest BCUT2D eigenvalue weighted by atomic mass is 16.5. The molecular formula is C13H19NO2. The lowest BCUT2D eigenvalue weighted by atomic mass is 9.89. The number of rotatable bonds is 3. The average molecular weight is 221 g/mol. The van der Waals surface area contributed by atoms with E-state index in [-0.39, 0.29) is 11.6 Å². The first-order valence-electron chi connectivity index (χ1n) is 5.78. The van der Waals surface area contributed by atoms with Crippen LogP contribution in [0.3, 0.4) is 0 Å². The Kier molecular flexibility index (Phi) is 3.17. The van der Waals surface area contributed by atoms with Gasteiger partial charge in [0.2, 0.25) is 0 Å². The van der Waals surface area contributed by atoms with Crippen molar-refractivity contribution in [3.05, 3.63) is 29.8 Å². The minimum absolute atomic E-state index is 0.0135. The van der Waals surface area contributed by atoms with E-state index in [1.165, 1.54) is 0 Å². The average Bonchev–Trinajstić information content (AvgIpc) is 2.70. The Bertz CT molecular complexity index is 341. The van der Waals surface area contributed by atoms with Crippen molar-refractivity contribution in [1.82, 2.24) is 0 Å². The van der Waals surface area contributed by atoms with Crippen molar-refractivity contribution in [3.63, 3.8) is 0 Å². The Hall–Kier alpha value is -1.06. The SMILES string of the molecule is CC1(C(N)Cc2ccc(O)cc2)CCCO1. The molecule has 1 aliphatic heterocycles. The number of phenolic OH excluding ortho intramolecular Hbond substituents is 1. The molecule has 1 saturated heterocycles. The zero-order valence-electron chi connectivity index (χ0n) is 9.65. The van der Waals surface area contributed by atoms with Gasteiger partial charge < -0.3 is 15.6 Å². The van der Waals surface area contributed by atoms with Crippen LogP contribution < -0.4 is 5.73 Å². The number of ether oxygens (including phenoxy) is 1. The van der Waals surface area contributed by atoms with E-state index in [0.717, 1.165) is 31.4 Å². The Morgan fingerprint density at radius 2 is 2.12 bits per heavy atom. The van der Waals surface area contributed by atoms with E-state index in [0.29, 0.717) is 5.75 Å². The molecule has 0 amide bonds. The second kappa shape index (κ2) is 4.44. The van der Waals surface area contributed by atoms with E-state index in [9.17, 15) is 5.11 Å². The molecule has 2 unspecified atom stereocenters. The lowest BCUT2D eigenvalue weighted by Gasteiger charge is -2.30. The summed E-state index contributed by atoms with van der Waals surface area (Å²) < 4.78 is 5.72. The number of benzene rings is 1. The van der Waals surface area contributed by atoms with Gasteiger partial charge in [-0.05, 0) is 43.9 Å². The molecule has 88 valence electrons. The third-order valence-electron chi connectivity index (χ3n) is 3.43. The molecule has 1 aromatic rings. The van der Waals surface area contributed by atoms with E-state index in [1.54, 1.807) is 12.1 Å². The molecule has 16 heavy (non-hydrogen) atoms. The van der Waals surface area contributed by atoms with Crippen molar-refractivity contribution in [1.29, 1.82) is 0 Å². The van der Waals surface area contributed by atoms with Gasteiger partial charge in [0, 0.05) is 12.6 Å². The van der Waals surface area contributed by atoms with Gasteiger partial charge in [-0.15, -0.1) is 0 Å². The summed E-state index contributed by atoms with van der Waals surface area (Å²) in [6, 6.07) is 7.22. The van der Waals surface area contributed by atoms with Gasteiger partial charge in [0.1, 0.15) is 5.75 Å². The third kappa shape index (κ3) is 2.36. The summed E-state index contributed by atoms with van der Waals surface area (Å²) in [5, 5.41) is 9.20. The lowest BCUT2D eigenvalue weighted by molar-refractivity contribution is -0.000904. The number of aromatic hydroxyl groups is 1. The summed E-state index contributed by atoms with van der Waals surface area (Å²) in [7, 11) is 0. The van der Waals surface area contributed by atoms with Crippen LogP contribution in [0.1, 0.15) is 25.3 Å². The van der Waals surface area contributed by atoms with Gasteiger partial charge >= 0.3 is 0 Å². The highest BCUT2D eigenvalue weighted by molar-refractivity contribution is 5.26. The van der Waals surface area contributed by atoms with E-state index < -0.39 is 0 Å². The van der Waals surface area contributed by atoms with Crippen LogP contribution in [0.25, 0.3) is 0 Å². The number of hydrogen-bond acceptors (Lipinski definition) is 3. The molecule has 3 nitrogen and oxygen atoms in total. The van der Waals surface area contributed by atoms with Crippen LogP contribution in [0.4, 0.5) is 0 Å². The van der Waals surface area contributed by atoms with Crippen molar-refractivity contribution in [2.24, 2.45) is 5.73 Å². The van der Waals surface area contributed by atoms with Crippen LogP contribution in [-0.4, -0.2) is 23.4 Å². The molecule has 0 aromatic heterocycles. The fraction of sp³-hybridized carbons (Fsp3) is 0.538. The maximum absolute atomic E-state index is 9.20. The zero-order valence-corrected chi connectivity index (χ0v) is 9.65. The van der Waals surface area contributed by atoms with Crippen LogP contribution in [0, 0.1) is 0 Å². The van der Waals surface area contributed by atoms with Gasteiger partial charge in [-0.2, -0.15) is 0 Å². The molecule has 0 spiro atoms. The monoisotopic (exact) mass is 221 g/mol. The predicted octanol–water partition coefficient (Wildman–Crippen LogP) is 1.83. The van der Waals surface area contributed by atoms with E-state index in [4.69, 9.17) is 10.5 Å². The summed E-state index contributed by atoms with van der Waals surface area (Å²) in [4.78, 5) is 0. The Morgan fingerprint density at radius 3 is 2.69 bits per heavy atom. The summed E-state index contributed by atoms with van der Waals surface area (Å²) in [6.45, 7) is 2.91. The van der Waals surface area contributed by atoms with Crippen LogP contribution >= 0.6 is 0 Å². The lowest BCUT2D eigenvalue weighted by Crippen LogP contribution is -2.46. The van der Waals surface area contributed by atoms with Gasteiger partial charge in [-0.1, -0.05) is 12.1 Å². The molecule has 1 aromatic carbocycles. The third-order valence-corrected chi connectivity index (χ3v) is 3.43. The Morgan fingerprint density at radius 1 is 1.44 bits per heavy atom. The topological polar surface area (TPSA) is 55.5 Å². The van der Waals surface area contributed by atoms with Crippen molar-refractivity contribution in [2.45, 2.75) is 37.8 Å². The van der Waals surface area contributed by atoms with Crippen molar-refractivity contribution in [2.75, 3.05) is 6.61 Å². The molecule has 0 radical (unpaired) electrons. The summed E-state index contributed by atoms with van der Waals surface area (Å²) in [5.41, 5.74) is 7.15. The molecular weight excluding hydrogens is 202 g/mol. The molecule has 1 heterocycles. The van der Waals surface area contributed by atoms with Crippen molar-refractivity contribution in [3.8, 4) is 5.75 Å². The molecule has 1 aliphatic rings. The van der Waals surface area contributed by atoms with Crippen molar-refractivity contribution >= 4 is 0 Å². The number of nitrogens with two attached hydrogens (primary N) is 1. The quantitative estimate of drug-likeness (QED) is 0.818. The Labute approximate surface area is 96.2 Å². The zero-order chi connectivity index (χ0) is 11.6. The molecule has 2 atom stereocenters. The maximum atomic E-state index is 9.20. The molecule has 0 saturated carbocycles. The van der Waals surface area contributed by atoms with Gasteiger partial charge in [-0.25, -0.2) is 0 Å². The standard InChI is InChI=1S/C13H19NO2/c1-13(7-2-8-16-13)12(14)9-10-3-5-11(15)6-4-10/h3-6,12,15H,2,7-9,14H2,1H3. The minimum atomic E-state index is -0.183. The molecule has 0 bridgehead atoms. The van der Waals surface area contributed by atoms with Crippen LogP contribution in [0.15, 0.2) is 24.3 Å². The molecule has 2 rings (SSSR count). The summed E-state index contributed by atoms with van der Waals surface area (Å²) >= 11 is 0. The Balaban J connectivity index is 2.01. The second-order valence-electron chi connectivity index (χ2n) is 4.74.